The number of rotatable bonds is 6. The van der Waals surface area contributed by atoms with Crippen molar-refractivity contribution in [2.75, 3.05) is 6.61 Å². The van der Waals surface area contributed by atoms with Gasteiger partial charge in [-0.25, -0.2) is 0 Å². The van der Waals surface area contributed by atoms with Crippen molar-refractivity contribution in [2.24, 2.45) is 0 Å². The van der Waals surface area contributed by atoms with Crippen molar-refractivity contribution in [3.8, 4) is 11.4 Å². The number of ether oxygens (including phenoxy) is 1. The minimum absolute atomic E-state index is 0.238. The second-order valence-corrected chi connectivity index (χ2v) is 5.29. The number of aliphatic hydroxyl groups is 1. The first kappa shape index (κ1) is 14.4. The zero-order valence-corrected chi connectivity index (χ0v) is 12.5. The molecule has 114 valence electrons. The molecule has 1 N–H and O–H groups in total. The van der Waals surface area contributed by atoms with E-state index in [1.807, 2.05) is 66.5 Å². The van der Waals surface area contributed by atoms with Crippen LogP contribution in [0, 0.1) is 6.92 Å². The molecular weight excluding hydrogens is 278 g/mol. The van der Waals surface area contributed by atoms with Crippen LogP contribution in [0.15, 0.2) is 61.2 Å². The second-order valence-electron chi connectivity index (χ2n) is 5.29. The molecular formula is C17H19N3O2. The highest BCUT2D eigenvalue weighted by molar-refractivity contribution is 5.27. The summed E-state index contributed by atoms with van der Waals surface area (Å²) in [6.45, 7) is 2.66. The summed E-state index contributed by atoms with van der Waals surface area (Å²) in [4.78, 5) is 0. The van der Waals surface area contributed by atoms with Crippen molar-refractivity contribution in [1.82, 2.24) is 14.3 Å². The lowest BCUT2D eigenvalue weighted by molar-refractivity contribution is 0.0893. The van der Waals surface area contributed by atoms with Crippen LogP contribution in [0.4, 0.5) is 0 Å². The van der Waals surface area contributed by atoms with Crippen molar-refractivity contribution in [3.63, 3.8) is 0 Å². The molecule has 0 aliphatic rings. The third-order valence-electron chi connectivity index (χ3n) is 3.38. The summed E-state index contributed by atoms with van der Waals surface area (Å²) >= 11 is 0. The molecule has 3 rings (SSSR count). The Morgan fingerprint density at radius 1 is 1.18 bits per heavy atom. The number of aryl methyl sites for hydroxylation is 1. The van der Waals surface area contributed by atoms with Crippen LogP contribution in [0.5, 0.6) is 5.75 Å². The molecule has 1 atom stereocenters. The van der Waals surface area contributed by atoms with Gasteiger partial charge in [0.1, 0.15) is 18.5 Å². The van der Waals surface area contributed by atoms with Gasteiger partial charge in [0.2, 0.25) is 0 Å². The van der Waals surface area contributed by atoms with Gasteiger partial charge in [-0.05, 0) is 31.2 Å². The van der Waals surface area contributed by atoms with Crippen LogP contribution < -0.4 is 4.74 Å². The van der Waals surface area contributed by atoms with Gasteiger partial charge in [-0.15, -0.1) is 0 Å². The van der Waals surface area contributed by atoms with E-state index in [0.717, 1.165) is 11.4 Å². The molecule has 0 bridgehead atoms. The maximum absolute atomic E-state index is 10.1. The molecule has 0 saturated heterocycles. The normalized spacial score (nSPS) is 12.3. The van der Waals surface area contributed by atoms with Gasteiger partial charge in [-0.3, -0.25) is 4.68 Å². The van der Waals surface area contributed by atoms with Gasteiger partial charge in [0.15, 0.2) is 0 Å². The molecule has 0 saturated carbocycles. The molecule has 3 aromatic rings. The van der Waals surface area contributed by atoms with Crippen LogP contribution in [0.25, 0.3) is 5.69 Å². The van der Waals surface area contributed by atoms with E-state index in [4.69, 9.17) is 4.74 Å². The van der Waals surface area contributed by atoms with Crippen molar-refractivity contribution in [1.29, 1.82) is 0 Å². The average molecular weight is 297 g/mol. The van der Waals surface area contributed by atoms with E-state index in [9.17, 15) is 5.11 Å². The van der Waals surface area contributed by atoms with Crippen LogP contribution >= 0.6 is 0 Å². The minimum Gasteiger partial charge on any atom is -0.491 e. The molecule has 5 nitrogen and oxygen atoms in total. The van der Waals surface area contributed by atoms with Crippen LogP contribution in [0.2, 0.25) is 0 Å². The molecule has 1 unspecified atom stereocenters. The lowest BCUT2D eigenvalue weighted by Crippen LogP contribution is -2.23. The topological polar surface area (TPSA) is 52.2 Å². The van der Waals surface area contributed by atoms with E-state index in [-0.39, 0.29) is 6.61 Å². The number of aliphatic hydroxyl groups excluding tert-OH is 1. The Bertz CT molecular complexity index is 702. The summed E-state index contributed by atoms with van der Waals surface area (Å²) < 4.78 is 9.27. The smallest absolute Gasteiger partial charge is 0.119 e. The van der Waals surface area contributed by atoms with Crippen LogP contribution in [-0.2, 0) is 6.54 Å². The van der Waals surface area contributed by atoms with Crippen LogP contribution in [-0.4, -0.2) is 32.2 Å². The van der Waals surface area contributed by atoms with Gasteiger partial charge >= 0.3 is 0 Å². The molecule has 22 heavy (non-hydrogen) atoms. The quantitative estimate of drug-likeness (QED) is 0.760. The number of hydrogen-bond acceptors (Lipinski definition) is 3. The van der Waals surface area contributed by atoms with Crippen molar-refractivity contribution < 1.29 is 9.84 Å². The highest BCUT2D eigenvalue weighted by Crippen LogP contribution is 2.12. The summed E-state index contributed by atoms with van der Waals surface area (Å²) in [6, 6.07) is 11.7. The van der Waals surface area contributed by atoms with E-state index in [1.165, 1.54) is 5.56 Å². The van der Waals surface area contributed by atoms with Crippen LogP contribution in [0.1, 0.15) is 5.56 Å². The van der Waals surface area contributed by atoms with Crippen LogP contribution in [0.3, 0.4) is 0 Å². The predicted molar refractivity (Wildman–Crippen MR) is 84.2 cm³/mol. The third-order valence-corrected chi connectivity index (χ3v) is 3.38. The van der Waals surface area contributed by atoms with E-state index < -0.39 is 6.10 Å². The fourth-order valence-corrected chi connectivity index (χ4v) is 2.19. The number of hydrogen-bond donors (Lipinski definition) is 1. The Kier molecular flexibility index (Phi) is 4.25. The Balaban J connectivity index is 1.53. The van der Waals surface area contributed by atoms with E-state index in [1.54, 1.807) is 10.9 Å². The largest absolute Gasteiger partial charge is 0.491 e. The predicted octanol–water partition coefficient (Wildman–Crippen LogP) is 2.42. The molecule has 2 heterocycles. The Morgan fingerprint density at radius 3 is 2.64 bits per heavy atom. The summed E-state index contributed by atoms with van der Waals surface area (Å²) in [5.74, 6) is 0.762. The Morgan fingerprint density at radius 2 is 1.91 bits per heavy atom. The molecule has 0 amide bonds. The van der Waals surface area contributed by atoms with Gasteiger partial charge < -0.3 is 14.4 Å². The molecule has 0 spiro atoms. The fraction of sp³-hybridized carbons (Fsp3) is 0.235. The number of nitrogens with zero attached hydrogens (tertiary/aromatic N) is 3. The molecule has 2 aromatic heterocycles. The van der Waals surface area contributed by atoms with E-state index >= 15 is 0 Å². The lowest BCUT2D eigenvalue weighted by atomic mass is 10.2. The monoisotopic (exact) mass is 297 g/mol. The molecule has 1 aromatic carbocycles. The fourth-order valence-electron chi connectivity index (χ4n) is 2.19. The third kappa shape index (κ3) is 3.56. The van der Waals surface area contributed by atoms with Crippen molar-refractivity contribution in [2.45, 2.75) is 19.6 Å². The number of benzene rings is 1. The van der Waals surface area contributed by atoms with Gasteiger partial charge in [-0.2, -0.15) is 5.10 Å². The average Bonchev–Trinajstić information content (AvgIpc) is 3.17. The molecule has 0 aliphatic heterocycles. The second kappa shape index (κ2) is 6.49. The SMILES string of the molecule is Cc1ccc(OCC(O)Cn2cc(-n3cccc3)cn2)cc1. The van der Waals surface area contributed by atoms with Gasteiger partial charge in [0.25, 0.3) is 0 Å². The zero-order valence-electron chi connectivity index (χ0n) is 12.5. The summed E-state index contributed by atoms with van der Waals surface area (Å²) in [5.41, 5.74) is 2.15. The maximum atomic E-state index is 10.1. The summed E-state index contributed by atoms with van der Waals surface area (Å²) in [5, 5.41) is 14.3. The van der Waals surface area contributed by atoms with E-state index in [0.29, 0.717) is 6.54 Å². The molecule has 0 radical (unpaired) electrons. The standard InChI is InChI=1S/C17H19N3O2/c1-14-4-6-17(7-5-14)22-13-16(21)12-20-11-15(10-18-20)19-8-2-3-9-19/h2-11,16,21H,12-13H2,1H3. The summed E-state index contributed by atoms with van der Waals surface area (Å²) in [6.07, 6.45) is 6.97. The Labute approximate surface area is 129 Å². The van der Waals surface area contributed by atoms with Crippen molar-refractivity contribution >= 4 is 0 Å². The zero-order chi connectivity index (χ0) is 15.4. The first-order valence-corrected chi connectivity index (χ1v) is 7.24. The highest BCUT2D eigenvalue weighted by atomic mass is 16.5. The van der Waals surface area contributed by atoms with Gasteiger partial charge in [-0.1, -0.05) is 17.7 Å². The molecule has 5 heteroatoms. The van der Waals surface area contributed by atoms with Gasteiger partial charge in [0, 0.05) is 18.6 Å². The first-order chi connectivity index (χ1) is 10.7. The Hall–Kier alpha value is -2.53. The number of aromatic nitrogens is 3. The van der Waals surface area contributed by atoms with Gasteiger partial charge in [0.05, 0.1) is 18.4 Å². The maximum Gasteiger partial charge on any atom is 0.119 e. The first-order valence-electron chi connectivity index (χ1n) is 7.24. The highest BCUT2D eigenvalue weighted by Gasteiger charge is 2.08. The minimum atomic E-state index is -0.612. The summed E-state index contributed by atoms with van der Waals surface area (Å²) in [7, 11) is 0. The van der Waals surface area contributed by atoms with E-state index in [2.05, 4.69) is 5.10 Å². The molecule has 0 fully saturated rings. The molecule has 0 aliphatic carbocycles. The van der Waals surface area contributed by atoms with Crippen molar-refractivity contribution in [3.05, 3.63) is 66.7 Å². The lowest BCUT2D eigenvalue weighted by Gasteiger charge is -2.12.